The summed E-state index contributed by atoms with van der Waals surface area (Å²) < 4.78 is 0.786. The van der Waals surface area contributed by atoms with E-state index in [-0.39, 0.29) is 5.91 Å². The Morgan fingerprint density at radius 2 is 1.96 bits per heavy atom. The van der Waals surface area contributed by atoms with E-state index < -0.39 is 0 Å². The van der Waals surface area contributed by atoms with Gasteiger partial charge in [0.1, 0.15) is 0 Å². The van der Waals surface area contributed by atoms with Gasteiger partial charge in [-0.2, -0.15) is 0 Å². The van der Waals surface area contributed by atoms with Crippen molar-refractivity contribution >= 4 is 27.8 Å². The Hall–Kier alpha value is -1.95. The molecule has 0 unspecified atom stereocenters. The summed E-state index contributed by atoms with van der Waals surface area (Å²) in [5, 5.41) is 2.91. The highest BCUT2D eigenvalue weighted by Gasteiger charge is 2.14. The van der Waals surface area contributed by atoms with Gasteiger partial charge in [0.15, 0.2) is 0 Å². The van der Waals surface area contributed by atoms with Crippen LogP contribution in [0.15, 0.2) is 41.0 Å². The molecular weight excluding hydrogens is 356 g/mol. The summed E-state index contributed by atoms with van der Waals surface area (Å²) in [4.78, 5) is 23.4. The molecule has 0 bridgehead atoms. The summed E-state index contributed by atoms with van der Waals surface area (Å²) in [6.45, 7) is 2.41. The number of amides is 1. The number of aromatic nitrogens is 2. The number of benzene rings is 1. The molecule has 1 saturated heterocycles. The number of halogens is 1. The third kappa shape index (κ3) is 4.07. The van der Waals surface area contributed by atoms with Gasteiger partial charge in [0.2, 0.25) is 5.95 Å². The van der Waals surface area contributed by atoms with Gasteiger partial charge in [0.25, 0.3) is 5.91 Å². The largest absolute Gasteiger partial charge is 0.346 e. The lowest BCUT2D eigenvalue weighted by molar-refractivity contribution is 0.0949. The van der Waals surface area contributed by atoms with Gasteiger partial charge in [-0.1, -0.05) is 12.1 Å². The highest BCUT2D eigenvalue weighted by atomic mass is 79.9. The zero-order valence-corrected chi connectivity index (χ0v) is 14.4. The Labute approximate surface area is 144 Å². The number of hydrogen-bond acceptors (Lipinski definition) is 4. The van der Waals surface area contributed by atoms with Crippen LogP contribution in [0, 0.1) is 0 Å². The molecule has 1 aromatic heterocycles. The van der Waals surface area contributed by atoms with Crippen molar-refractivity contribution in [2.24, 2.45) is 0 Å². The fourth-order valence-electron chi connectivity index (χ4n) is 2.64. The van der Waals surface area contributed by atoms with Crippen LogP contribution in [0.2, 0.25) is 0 Å². The molecule has 0 saturated carbocycles. The normalized spacial score (nSPS) is 14.6. The van der Waals surface area contributed by atoms with Gasteiger partial charge in [-0.05, 0) is 53.4 Å². The van der Waals surface area contributed by atoms with E-state index in [1.807, 2.05) is 24.3 Å². The fraction of sp³-hybridized carbons (Fsp3) is 0.353. The van der Waals surface area contributed by atoms with Crippen molar-refractivity contribution in [3.05, 3.63) is 52.3 Å². The van der Waals surface area contributed by atoms with E-state index in [1.54, 1.807) is 12.3 Å². The lowest BCUT2D eigenvalue weighted by atomic mass is 10.1. The maximum Gasteiger partial charge on any atom is 0.252 e. The second kappa shape index (κ2) is 7.55. The average Bonchev–Trinajstić information content (AvgIpc) is 2.61. The molecule has 6 heteroatoms. The maximum absolute atomic E-state index is 12.2. The summed E-state index contributed by atoms with van der Waals surface area (Å²) >= 11 is 3.39. The Morgan fingerprint density at radius 3 is 2.74 bits per heavy atom. The number of carbonyl (C=O) groups excluding carboxylic acids is 1. The molecule has 1 fully saturated rings. The van der Waals surface area contributed by atoms with Gasteiger partial charge in [-0.15, -0.1) is 0 Å². The molecule has 23 heavy (non-hydrogen) atoms. The van der Waals surface area contributed by atoms with Gasteiger partial charge >= 0.3 is 0 Å². The molecule has 1 amide bonds. The van der Waals surface area contributed by atoms with Gasteiger partial charge < -0.3 is 10.2 Å². The summed E-state index contributed by atoms with van der Waals surface area (Å²) in [7, 11) is 0. The summed E-state index contributed by atoms with van der Waals surface area (Å²) in [5.41, 5.74) is 1.44. The topological polar surface area (TPSA) is 58.1 Å². The van der Waals surface area contributed by atoms with E-state index >= 15 is 0 Å². The maximum atomic E-state index is 12.2. The van der Waals surface area contributed by atoms with Crippen molar-refractivity contribution in [1.82, 2.24) is 15.3 Å². The van der Waals surface area contributed by atoms with Crippen molar-refractivity contribution in [1.29, 1.82) is 0 Å². The third-order valence-corrected chi connectivity index (χ3v) is 4.58. The monoisotopic (exact) mass is 374 g/mol. The first-order valence-corrected chi connectivity index (χ1v) is 8.63. The Morgan fingerprint density at radius 1 is 1.17 bits per heavy atom. The minimum Gasteiger partial charge on any atom is -0.346 e. The molecule has 0 spiro atoms. The molecule has 0 radical (unpaired) electrons. The van der Waals surface area contributed by atoms with Crippen LogP contribution < -0.4 is 10.2 Å². The quantitative estimate of drug-likeness (QED) is 0.892. The molecule has 120 valence electrons. The first-order valence-electron chi connectivity index (χ1n) is 7.83. The first-order chi connectivity index (χ1) is 11.2. The van der Waals surface area contributed by atoms with E-state index in [0.29, 0.717) is 12.1 Å². The Bertz CT molecular complexity index is 686. The van der Waals surface area contributed by atoms with Crippen LogP contribution in [0.25, 0.3) is 0 Å². The Balaban J connectivity index is 1.64. The average molecular weight is 375 g/mol. The number of nitrogens with one attached hydrogen (secondary N) is 1. The SMILES string of the molecule is O=C(NCc1ccnc(N2CCCCC2)n1)c1ccccc1Br. The van der Waals surface area contributed by atoms with Crippen LogP contribution >= 0.6 is 15.9 Å². The van der Waals surface area contributed by atoms with E-state index in [9.17, 15) is 4.79 Å². The molecule has 0 atom stereocenters. The second-order valence-corrected chi connectivity index (χ2v) is 6.41. The smallest absolute Gasteiger partial charge is 0.252 e. The molecule has 0 aliphatic carbocycles. The third-order valence-electron chi connectivity index (χ3n) is 3.89. The summed E-state index contributed by atoms with van der Waals surface area (Å²) in [5.74, 6) is 0.646. The molecule has 1 N–H and O–H groups in total. The lowest BCUT2D eigenvalue weighted by Crippen LogP contribution is -2.31. The van der Waals surface area contributed by atoms with Crippen LogP contribution in [0.5, 0.6) is 0 Å². The molecule has 5 nitrogen and oxygen atoms in total. The zero-order valence-electron chi connectivity index (χ0n) is 12.8. The van der Waals surface area contributed by atoms with Crippen molar-refractivity contribution in [2.75, 3.05) is 18.0 Å². The van der Waals surface area contributed by atoms with Crippen LogP contribution in [0.4, 0.5) is 5.95 Å². The lowest BCUT2D eigenvalue weighted by Gasteiger charge is -2.26. The van der Waals surface area contributed by atoms with Crippen LogP contribution in [0.1, 0.15) is 35.3 Å². The number of rotatable bonds is 4. The summed E-state index contributed by atoms with van der Waals surface area (Å²) in [6, 6.07) is 9.22. The van der Waals surface area contributed by atoms with Crippen molar-refractivity contribution < 1.29 is 4.79 Å². The fourth-order valence-corrected chi connectivity index (χ4v) is 3.11. The highest BCUT2D eigenvalue weighted by Crippen LogP contribution is 2.17. The molecule has 1 aromatic carbocycles. The van der Waals surface area contributed by atoms with E-state index in [1.165, 1.54) is 19.3 Å². The van der Waals surface area contributed by atoms with Gasteiger partial charge in [-0.25, -0.2) is 9.97 Å². The number of nitrogens with zero attached hydrogens (tertiary/aromatic N) is 3. The van der Waals surface area contributed by atoms with E-state index in [4.69, 9.17) is 0 Å². The van der Waals surface area contributed by atoms with Gasteiger partial charge in [0.05, 0.1) is 17.8 Å². The first kappa shape index (κ1) is 15.9. The number of anilines is 1. The molecular formula is C17H19BrN4O. The van der Waals surface area contributed by atoms with Crippen LogP contribution in [-0.4, -0.2) is 29.0 Å². The highest BCUT2D eigenvalue weighted by molar-refractivity contribution is 9.10. The standard InChI is InChI=1S/C17H19BrN4O/c18-15-7-3-2-6-14(15)16(23)20-12-13-8-9-19-17(21-13)22-10-4-1-5-11-22/h2-3,6-9H,1,4-5,10-12H2,(H,20,23). The Kier molecular flexibility index (Phi) is 5.23. The number of hydrogen-bond donors (Lipinski definition) is 1. The van der Waals surface area contributed by atoms with Crippen molar-refractivity contribution in [3.63, 3.8) is 0 Å². The molecule has 3 rings (SSSR count). The van der Waals surface area contributed by atoms with Gasteiger partial charge in [-0.3, -0.25) is 4.79 Å². The molecule has 2 heterocycles. The second-order valence-electron chi connectivity index (χ2n) is 5.56. The predicted octanol–water partition coefficient (Wildman–Crippen LogP) is 3.16. The number of piperidine rings is 1. The van der Waals surface area contributed by atoms with Crippen molar-refractivity contribution in [3.8, 4) is 0 Å². The minimum absolute atomic E-state index is 0.115. The molecule has 1 aliphatic heterocycles. The van der Waals surface area contributed by atoms with Crippen LogP contribution in [-0.2, 0) is 6.54 Å². The van der Waals surface area contributed by atoms with Crippen LogP contribution in [0.3, 0.4) is 0 Å². The minimum atomic E-state index is -0.115. The van der Waals surface area contributed by atoms with E-state index in [0.717, 1.165) is 29.2 Å². The molecule has 2 aromatic rings. The zero-order chi connectivity index (χ0) is 16.1. The summed E-state index contributed by atoms with van der Waals surface area (Å²) in [6.07, 6.45) is 5.41. The predicted molar refractivity (Wildman–Crippen MR) is 93.4 cm³/mol. The van der Waals surface area contributed by atoms with Crippen molar-refractivity contribution in [2.45, 2.75) is 25.8 Å². The van der Waals surface area contributed by atoms with Gasteiger partial charge in [0, 0.05) is 23.8 Å². The van der Waals surface area contributed by atoms with E-state index in [2.05, 4.69) is 36.1 Å². The molecule has 1 aliphatic rings. The number of carbonyl (C=O) groups is 1.